The van der Waals surface area contributed by atoms with Gasteiger partial charge in [0.25, 0.3) is 0 Å². The van der Waals surface area contributed by atoms with Gasteiger partial charge < -0.3 is 14.5 Å². The third-order valence-corrected chi connectivity index (χ3v) is 6.07. The molecule has 0 aliphatic carbocycles. The highest BCUT2D eigenvalue weighted by molar-refractivity contribution is 8.00. The number of rotatable bonds is 7. The third kappa shape index (κ3) is 5.82. The van der Waals surface area contributed by atoms with Crippen LogP contribution in [0.2, 0.25) is 10.0 Å². The molecule has 1 aromatic carbocycles. The number of esters is 1. The molecule has 2 aromatic heterocycles. The van der Waals surface area contributed by atoms with Gasteiger partial charge in [-0.25, -0.2) is 4.79 Å². The minimum absolute atomic E-state index is 0.0328. The van der Waals surface area contributed by atoms with Gasteiger partial charge in [-0.15, -0.1) is 10.2 Å². The number of hydrogen-bond donors (Lipinski definition) is 1. The van der Waals surface area contributed by atoms with Crippen LogP contribution in [0.4, 0.5) is 5.13 Å². The number of ether oxygens (including phenoxy) is 1. The topological polar surface area (TPSA) is 111 Å². The maximum atomic E-state index is 12.3. The summed E-state index contributed by atoms with van der Waals surface area (Å²) in [4.78, 5) is 35.9. The van der Waals surface area contributed by atoms with Crippen molar-refractivity contribution in [2.24, 2.45) is 0 Å². The van der Waals surface area contributed by atoms with Gasteiger partial charge in [0, 0.05) is 17.5 Å². The third-order valence-electron chi connectivity index (χ3n) is 3.52. The summed E-state index contributed by atoms with van der Waals surface area (Å²) in [6.07, 6.45) is 1.40. The summed E-state index contributed by atoms with van der Waals surface area (Å²) in [5, 5.41) is 11.3. The smallest absolute Gasteiger partial charge is 0.345 e. The summed E-state index contributed by atoms with van der Waals surface area (Å²) < 4.78 is 11.0. The largest absolute Gasteiger partial charge is 0.464 e. The molecule has 0 aliphatic rings. The van der Waals surface area contributed by atoms with Crippen LogP contribution in [0.5, 0.6) is 5.75 Å². The Kier molecular flexibility index (Phi) is 7.48. The Morgan fingerprint density at radius 2 is 2.07 bits per heavy atom. The minimum Gasteiger partial charge on any atom is -0.464 e. The van der Waals surface area contributed by atoms with E-state index < -0.39 is 11.4 Å². The lowest BCUT2D eigenvalue weighted by Crippen LogP contribution is -2.15. The van der Waals surface area contributed by atoms with E-state index in [1.165, 1.54) is 47.4 Å². The Bertz CT molecular complexity index is 1150. The second-order valence-electron chi connectivity index (χ2n) is 5.65. The van der Waals surface area contributed by atoms with Crippen molar-refractivity contribution in [1.82, 2.24) is 10.2 Å². The molecule has 1 amide bonds. The van der Waals surface area contributed by atoms with E-state index in [0.29, 0.717) is 32.4 Å². The van der Waals surface area contributed by atoms with Crippen LogP contribution in [-0.2, 0) is 10.5 Å². The number of benzene rings is 1. The fourth-order valence-corrected chi connectivity index (χ4v) is 4.08. The van der Waals surface area contributed by atoms with E-state index in [0.717, 1.165) is 6.26 Å². The van der Waals surface area contributed by atoms with Gasteiger partial charge in [-0.1, -0.05) is 53.2 Å². The summed E-state index contributed by atoms with van der Waals surface area (Å²) >= 11 is 14.3. The van der Waals surface area contributed by atoms with Crippen LogP contribution in [-0.4, -0.2) is 22.1 Å². The molecule has 0 aliphatic heterocycles. The highest BCUT2D eigenvalue weighted by Gasteiger charge is 2.16. The standard InChI is InChI=1S/C18H13Cl2N3O5S2/c1-2-15(25)21-17-22-23-18(30-17)29-8-10-6-13(24)14(7-27-10)28-16(26)11-5-9(19)3-4-12(11)20/h3-7H,2,8H2,1H3,(H,21,22,25). The molecule has 0 saturated heterocycles. The summed E-state index contributed by atoms with van der Waals surface area (Å²) in [7, 11) is 0. The summed E-state index contributed by atoms with van der Waals surface area (Å²) in [5.74, 6) is -0.615. The van der Waals surface area contributed by atoms with Crippen molar-refractivity contribution in [3.63, 3.8) is 0 Å². The van der Waals surface area contributed by atoms with Gasteiger partial charge in [-0.05, 0) is 18.2 Å². The zero-order valence-corrected chi connectivity index (χ0v) is 18.5. The molecule has 0 radical (unpaired) electrons. The number of nitrogens with zero attached hydrogens (tertiary/aromatic N) is 2. The first-order chi connectivity index (χ1) is 14.4. The Balaban J connectivity index is 1.63. The van der Waals surface area contributed by atoms with Gasteiger partial charge in [0.15, 0.2) is 4.34 Å². The van der Waals surface area contributed by atoms with Gasteiger partial charge >= 0.3 is 5.97 Å². The Morgan fingerprint density at radius 3 is 2.80 bits per heavy atom. The fourth-order valence-electron chi connectivity index (χ4n) is 2.06. The van der Waals surface area contributed by atoms with Crippen molar-refractivity contribution in [1.29, 1.82) is 0 Å². The first-order valence-corrected chi connectivity index (χ1v) is 11.0. The second kappa shape index (κ2) is 10.1. The summed E-state index contributed by atoms with van der Waals surface area (Å²) in [5.41, 5.74) is -0.498. The van der Waals surface area contributed by atoms with E-state index in [2.05, 4.69) is 15.5 Å². The molecule has 30 heavy (non-hydrogen) atoms. The number of halogens is 2. The normalized spacial score (nSPS) is 10.6. The van der Waals surface area contributed by atoms with Crippen molar-refractivity contribution in [3.05, 3.63) is 62.1 Å². The Hall–Kier alpha value is -2.40. The lowest BCUT2D eigenvalue weighted by atomic mass is 10.2. The average Bonchev–Trinajstić information content (AvgIpc) is 3.17. The van der Waals surface area contributed by atoms with Gasteiger partial charge in [-0.2, -0.15) is 0 Å². The molecule has 2 heterocycles. The fraction of sp³-hybridized carbons (Fsp3) is 0.167. The van der Waals surface area contributed by atoms with Crippen LogP contribution in [0.25, 0.3) is 0 Å². The number of aromatic nitrogens is 2. The monoisotopic (exact) mass is 485 g/mol. The zero-order valence-electron chi connectivity index (χ0n) is 15.3. The molecule has 0 atom stereocenters. The molecule has 0 spiro atoms. The first-order valence-electron chi connectivity index (χ1n) is 8.40. The number of carbonyl (C=O) groups is 2. The van der Waals surface area contributed by atoms with Crippen LogP contribution < -0.4 is 15.5 Å². The number of amides is 1. The summed E-state index contributed by atoms with van der Waals surface area (Å²) in [6.45, 7) is 1.73. The lowest BCUT2D eigenvalue weighted by molar-refractivity contribution is -0.115. The number of nitrogens with one attached hydrogen (secondary N) is 1. The van der Waals surface area contributed by atoms with Crippen LogP contribution in [0, 0.1) is 0 Å². The maximum absolute atomic E-state index is 12.3. The molecule has 3 aromatic rings. The lowest BCUT2D eigenvalue weighted by Gasteiger charge is -2.06. The number of carbonyl (C=O) groups excluding carboxylic acids is 2. The predicted octanol–water partition coefficient (Wildman–Crippen LogP) is 4.66. The summed E-state index contributed by atoms with van der Waals surface area (Å²) in [6, 6.07) is 5.55. The molecule has 8 nitrogen and oxygen atoms in total. The average molecular weight is 486 g/mol. The van der Waals surface area contributed by atoms with Crippen LogP contribution in [0.15, 0.2) is 44.1 Å². The molecule has 0 saturated carbocycles. The molecule has 0 unspecified atom stereocenters. The van der Waals surface area contributed by atoms with Crippen LogP contribution in [0.1, 0.15) is 29.5 Å². The molecule has 1 N–H and O–H groups in total. The van der Waals surface area contributed by atoms with Gasteiger partial charge in [0.2, 0.25) is 22.2 Å². The zero-order chi connectivity index (χ0) is 21.7. The van der Waals surface area contributed by atoms with E-state index in [4.69, 9.17) is 32.4 Å². The van der Waals surface area contributed by atoms with E-state index >= 15 is 0 Å². The van der Waals surface area contributed by atoms with Crippen molar-refractivity contribution >= 4 is 63.3 Å². The van der Waals surface area contributed by atoms with Crippen molar-refractivity contribution in [2.45, 2.75) is 23.4 Å². The maximum Gasteiger partial charge on any atom is 0.345 e. The molecular formula is C18H13Cl2N3O5S2. The van der Waals surface area contributed by atoms with Crippen molar-refractivity contribution in [3.8, 4) is 5.75 Å². The number of hydrogen-bond acceptors (Lipinski definition) is 9. The SMILES string of the molecule is CCC(=O)Nc1nnc(SCc2cc(=O)c(OC(=O)c3cc(Cl)ccc3Cl)co2)s1. The molecule has 0 bridgehead atoms. The van der Waals surface area contributed by atoms with E-state index in [9.17, 15) is 14.4 Å². The minimum atomic E-state index is -0.826. The van der Waals surface area contributed by atoms with E-state index in [1.54, 1.807) is 6.92 Å². The second-order valence-corrected chi connectivity index (χ2v) is 8.70. The molecular weight excluding hydrogens is 473 g/mol. The Labute approximate surface area is 188 Å². The molecule has 156 valence electrons. The Morgan fingerprint density at radius 1 is 1.27 bits per heavy atom. The van der Waals surface area contributed by atoms with Crippen molar-refractivity contribution < 1.29 is 18.7 Å². The van der Waals surface area contributed by atoms with Crippen molar-refractivity contribution in [2.75, 3.05) is 5.32 Å². The van der Waals surface area contributed by atoms with E-state index in [1.807, 2.05) is 0 Å². The molecule has 12 heteroatoms. The quantitative estimate of drug-likeness (QED) is 0.292. The highest BCUT2D eigenvalue weighted by Crippen LogP contribution is 2.28. The highest BCUT2D eigenvalue weighted by atomic mass is 35.5. The van der Waals surface area contributed by atoms with Crippen LogP contribution in [0.3, 0.4) is 0 Å². The van der Waals surface area contributed by atoms with Gasteiger partial charge in [-0.3, -0.25) is 9.59 Å². The number of anilines is 1. The van der Waals surface area contributed by atoms with Gasteiger partial charge in [0.1, 0.15) is 12.0 Å². The van der Waals surface area contributed by atoms with E-state index in [-0.39, 0.29) is 22.2 Å². The first kappa shape index (κ1) is 22.3. The van der Waals surface area contributed by atoms with Crippen LogP contribution >= 0.6 is 46.3 Å². The van der Waals surface area contributed by atoms with Gasteiger partial charge in [0.05, 0.1) is 16.3 Å². The molecule has 3 rings (SSSR count). The molecule has 0 fully saturated rings. The predicted molar refractivity (Wildman–Crippen MR) is 115 cm³/mol. The number of thioether (sulfide) groups is 1.